The first-order valence-corrected chi connectivity index (χ1v) is 9.15. The Hall–Kier alpha value is -0.0300. The fourth-order valence-electron chi connectivity index (χ4n) is 3.09. The van der Waals surface area contributed by atoms with E-state index in [4.69, 9.17) is 5.73 Å². The smallest absolute Gasteiger partial charge is 0.0500 e. The van der Waals surface area contributed by atoms with Gasteiger partial charge in [-0.3, -0.25) is 4.90 Å². The van der Waals surface area contributed by atoms with Gasteiger partial charge in [-0.1, -0.05) is 48.8 Å². The lowest BCUT2D eigenvalue weighted by Gasteiger charge is -2.42. The minimum Gasteiger partial charge on any atom is -0.326 e. The van der Waals surface area contributed by atoms with E-state index in [1.54, 1.807) is 0 Å². The lowest BCUT2D eigenvalue weighted by atomic mass is 9.95. The van der Waals surface area contributed by atoms with Crippen LogP contribution in [0.15, 0.2) is 28.7 Å². The lowest BCUT2D eigenvalue weighted by Crippen LogP contribution is -2.48. The van der Waals surface area contributed by atoms with Gasteiger partial charge in [-0.15, -0.1) is 0 Å². The van der Waals surface area contributed by atoms with Crippen molar-refractivity contribution in [3.05, 3.63) is 34.3 Å². The molecule has 4 heteroatoms. The molecule has 0 aromatic heterocycles. The number of thioether (sulfide) groups is 1. The number of halogens is 1. The van der Waals surface area contributed by atoms with Gasteiger partial charge in [-0.05, 0) is 24.1 Å². The van der Waals surface area contributed by atoms with E-state index >= 15 is 0 Å². The molecule has 1 aromatic rings. The molecule has 4 atom stereocenters. The highest BCUT2D eigenvalue weighted by atomic mass is 79.9. The van der Waals surface area contributed by atoms with Crippen molar-refractivity contribution >= 4 is 27.7 Å². The van der Waals surface area contributed by atoms with Gasteiger partial charge in [0, 0.05) is 40.1 Å². The summed E-state index contributed by atoms with van der Waals surface area (Å²) in [6.45, 7) is 9.08. The van der Waals surface area contributed by atoms with E-state index in [1.807, 2.05) is 0 Å². The summed E-state index contributed by atoms with van der Waals surface area (Å²) in [5, 5.41) is 1.36. The Balaban J connectivity index is 2.27. The number of nitrogens with zero attached hydrogens (tertiary/aromatic N) is 1. The van der Waals surface area contributed by atoms with Gasteiger partial charge in [0.15, 0.2) is 0 Å². The molecule has 0 aliphatic carbocycles. The van der Waals surface area contributed by atoms with Crippen LogP contribution in [0, 0.1) is 0 Å². The van der Waals surface area contributed by atoms with Crippen LogP contribution in [0.5, 0.6) is 0 Å². The van der Waals surface area contributed by atoms with Crippen LogP contribution in [0.1, 0.15) is 38.8 Å². The summed E-state index contributed by atoms with van der Waals surface area (Å²) in [6, 6.07) is 9.13. The van der Waals surface area contributed by atoms with Gasteiger partial charge in [-0.25, -0.2) is 0 Å². The molecule has 4 unspecified atom stereocenters. The predicted molar refractivity (Wildman–Crippen MR) is 93.2 cm³/mol. The van der Waals surface area contributed by atoms with Crippen molar-refractivity contribution in [2.45, 2.75) is 49.8 Å². The molecular formula is C16H25BrN2S. The van der Waals surface area contributed by atoms with E-state index in [0.717, 1.165) is 24.0 Å². The normalized spacial score (nSPS) is 27.2. The largest absolute Gasteiger partial charge is 0.326 e. The van der Waals surface area contributed by atoms with E-state index in [1.165, 1.54) is 5.56 Å². The monoisotopic (exact) mass is 356 g/mol. The first-order chi connectivity index (χ1) is 9.51. The molecule has 1 aliphatic heterocycles. The van der Waals surface area contributed by atoms with Crippen LogP contribution in [0.2, 0.25) is 0 Å². The topological polar surface area (TPSA) is 29.3 Å². The molecule has 2 rings (SSSR count). The fraction of sp³-hybridized carbons (Fsp3) is 0.625. The Labute approximate surface area is 135 Å². The number of hydrogen-bond donors (Lipinski definition) is 1. The van der Waals surface area contributed by atoms with Gasteiger partial charge in [0.2, 0.25) is 0 Å². The van der Waals surface area contributed by atoms with Gasteiger partial charge in [0.1, 0.15) is 0 Å². The Morgan fingerprint density at radius 2 is 2.00 bits per heavy atom. The zero-order valence-electron chi connectivity index (χ0n) is 12.6. The third kappa shape index (κ3) is 4.00. The fourth-order valence-corrected chi connectivity index (χ4v) is 4.85. The molecule has 0 bridgehead atoms. The molecule has 0 radical (unpaired) electrons. The molecule has 1 heterocycles. The average Bonchev–Trinajstić information content (AvgIpc) is 2.37. The summed E-state index contributed by atoms with van der Waals surface area (Å²) >= 11 is 5.67. The number of rotatable bonds is 4. The number of nitrogens with two attached hydrogens (primary N) is 1. The molecule has 20 heavy (non-hydrogen) atoms. The summed E-state index contributed by atoms with van der Waals surface area (Å²) in [5.41, 5.74) is 7.79. The highest BCUT2D eigenvalue weighted by molar-refractivity contribution is 9.10. The van der Waals surface area contributed by atoms with Crippen LogP contribution in [0.25, 0.3) is 0 Å². The summed E-state index contributed by atoms with van der Waals surface area (Å²) in [4.78, 5) is 2.59. The maximum absolute atomic E-state index is 6.46. The molecule has 0 amide bonds. The van der Waals surface area contributed by atoms with Crippen molar-refractivity contribution < 1.29 is 0 Å². The van der Waals surface area contributed by atoms with Gasteiger partial charge in [0.25, 0.3) is 0 Å². The van der Waals surface area contributed by atoms with Gasteiger partial charge in [-0.2, -0.15) is 11.8 Å². The summed E-state index contributed by atoms with van der Waals surface area (Å²) in [5.74, 6) is 0. The average molecular weight is 357 g/mol. The standard InChI is InChI=1S/C16H25BrN2S/c1-4-15(18)16(13-6-5-7-14(17)8-13)19-9-11(2)20-12(3)10-19/h5-8,11-12,15-16H,4,9-10,18H2,1-3H3. The van der Waals surface area contributed by atoms with Crippen molar-refractivity contribution in [3.8, 4) is 0 Å². The van der Waals surface area contributed by atoms with Crippen LogP contribution in [0.3, 0.4) is 0 Å². The minimum atomic E-state index is 0.187. The molecule has 0 saturated carbocycles. The molecule has 112 valence electrons. The molecule has 1 aromatic carbocycles. The molecular weight excluding hydrogens is 332 g/mol. The molecule has 2 N–H and O–H groups in total. The Morgan fingerprint density at radius 1 is 1.35 bits per heavy atom. The van der Waals surface area contributed by atoms with Crippen molar-refractivity contribution in [2.75, 3.05) is 13.1 Å². The van der Waals surface area contributed by atoms with Crippen LogP contribution >= 0.6 is 27.7 Å². The highest BCUT2D eigenvalue weighted by Crippen LogP contribution is 2.33. The number of benzene rings is 1. The van der Waals surface area contributed by atoms with Crippen LogP contribution in [0.4, 0.5) is 0 Å². The maximum Gasteiger partial charge on any atom is 0.0500 e. The third-order valence-corrected chi connectivity index (χ3v) is 5.63. The molecule has 1 saturated heterocycles. The second kappa shape index (κ2) is 7.30. The van der Waals surface area contributed by atoms with Crippen molar-refractivity contribution in [1.82, 2.24) is 4.90 Å². The maximum atomic E-state index is 6.46. The van der Waals surface area contributed by atoms with E-state index < -0.39 is 0 Å². The first kappa shape index (κ1) is 16.3. The zero-order chi connectivity index (χ0) is 14.7. The predicted octanol–water partition coefficient (Wildman–Crippen LogP) is 4.05. The van der Waals surface area contributed by atoms with Crippen LogP contribution < -0.4 is 5.73 Å². The second-order valence-electron chi connectivity index (χ2n) is 5.78. The molecule has 1 aliphatic rings. The Bertz CT molecular complexity index is 430. The van der Waals surface area contributed by atoms with Crippen LogP contribution in [-0.2, 0) is 0 Å². The summed E-state index contributed by atoms with van der Waals surface area (Å²) in [7, 11) is 0. The first-order valence-electron chi connectivity index (χ1n) is 7.41. The van der Waals surface area contributed by atoms with E-state index in [2.05, 4.69) is 77.6 Å². The summed E-state index contributed by atoms with van der Waals surface area (Å²) < 4.78 is 1.13. The lowest BCUT2D eigenvalue weighted by molar-refractivity contribution is 0.167. The number of hydrogen-bond acceptors (Lipinski definition) is 3. The van der Waals surface area contributed by atoms with Crippen LogP contribution in [-0.4, -0.2) is 34.5 Å². The minimum absolute atomic E-state index is 0.187. The van der Waals surface area contributed by atoms with E-state index in [9.17, 15) is 0 Å². The van der Waals surface area contributed by atoms with Crippen molar-refractivity contribution in [1.29, 1.82) is 0 Å². The third-order valence-electron chi connectivity index (χ3n) is 3.91. The second-order valence-corrected chi connectivity index (χ2v) is 8.58. The molecule has 0 spiro atoms. The molecule has 1 fully saturated rings. The quantitative estimate of drug-likeness (QED) is 0.881. The Morgan fingerprint density at radius 3 is 2.55 bits per heavy atom. The van der Waals surface area contributed by atoms with Gasteiger partial charge in [0.05, 0.1) is 0 Å². The van der Waals surface area contributed by atoms with Gasteiger partial charge >= 0.3 is 0 Å². The SMILES string of the molecule is CCC(N)C(c1cccc(Br)c1)N1CC(C)SC(C)C1. The van der Waals surface area contributed by atoms with Crippen molar-refractivity contribution in [3.63, 3.8) is 0 Å². The van der Waals surface area contributed by atoms with E-state index in [-0.39, 0.29) is 6.04 Å². The highest BCUT2D eigenvalue weighted by Gasteiger charge is 2.31. The molecule has 2 nitrogen and oxygen atoms in total. The van der Waals surface area contributed by atoms with Gasteiger partial charge < -0.3 is 5.73 Å². The van der Waals surface area contributed by atoms with E-state index in [0.29, 0.717) is 16.5 Å². The zero-order valence-corrected chi connectivity index (χ0v) is 15.0. The van der Waals surface area contributed by atoms with Crippen molar-refractivity contribution in [2.24, 2.45) is 5.73 Å². The Kier molecular flexibility index (Phi) is 5.96. The summed E-state index contributed by atoms with van der Waals surface area (Å²) in [6.07, 6.45) is 1.00.